The Balaban J connectivity index is 2.98. The minimum atomic E-state index is -0.483. The van der Waals surface area contributed by atoms with Gasteiger partial charge in [0.25, 0.3) is 5.69 Å². The van der Waals surface area contributed by atoms with Crippen LogP contribution >= 0.6 is 0 Å². The summed E-state index contributed by atoms with van der Waals surface area (Å²) in [7, 11) is 0. The van der Waals surface area contributed by atoms with Gasteiger partial charge in [-0.1, -0.05) is 12.7 Å². The lowest BCUT2D eigenvalue weighted by atomic mass is 10.2. The summed E-state index contributed by atoms with van der Waals surface area (Å²) in [6.45, 7) is 3.58. The Morgan fingerprint density at radius 2 is 2.33 bits per heavy atom. The Bertz CT molecular complexity index is 376. The maximum atomic E-state index is 10.5. The van der Waals surface area contributed by atoms with Crippen molar-refractivity contribution in [3.8, 4) is 5.75 Å². The van der Waals surface area contributed by atoms with Gasteiger partial charge in [-0.25, -0.2) is 0 Å². The molecular weight excluding hydrogens is 198 g/mol. The van der Waals surface area contributed by atoms with E-state index in [0.717, 1.165) is 0 Å². The SMILES string of the molecule is C=Cc1cc([N+](=O)[O-])ccc1OCCO. The van der Waals surface area contributed by atoms with Crippen LogP contribution in [0.4, 0.5) is 5.69 Å². The largest absolute Gasteiger partial charge is 0.491 e. The van der Waals surface area contributed by atoms with E-state index < -0.39 is 4.92 Å². The number of nitrogens with zero attached hydrogens (tertiary/aromatic N) is 1. The van der Waals surface area contributed by atoms with Crippen molar-refractivity contribution >= 4 is 11.8 Å². The smallest absolute Gasteiger partial charge is 0.270 e. The highest BCUT2D eigenvalue weighted by Gasteiger charge is 2.09. The summed E-state index contributed by atoms with van der Waals surface area (Å²) in [5, 5.41) is 19.1. The zero-order valence-electron chi connectivity index (χ0n) is 8.05. The summed E-state index contributed by atoms with van der Waals surface area (Å²) in [6, 6.07) is 4.21. The maximum Gasteiger partial charge on any atom is 0.270 e. The summed E-state index contributed by atoms with van der Waals surface area (Å²) < 4.78 is 5.17. The Hall–Kier alpha value is -1.88. The normalized spacial score (nSPS) is 9.67. The van der Waals surface area contributed by atoms with Crippen molar-refractivity contribution in [2.45, 2.75) is 0 Å². The molecule has 0 bridgehead atoms. The minimum Gasteiger partial charge on any atom is -0.491 e. The molecule has 15 heavy (non-hydrogen) atoms. The van der Waals surface area contributed by atoms with Gasteiger partial charge in [0.1, 0.15) is 12.4 Å². The Kier molecular flexibility index (Phi) is 3.82. The molecule has 0 atom stereocenters. The van der Waals surface area contributed by atoms with Crippen molar-refractivity contribution in [2.24, 2.45) is 0 Å². The molecular formula is C10H11NO4. The average molecular weight is 209 g/mol. The van der Waals surface area contributed by atoms with Gasteiger partial charge >= 0.3 is 0 Å². The predicted molar refractivity (Wildman–Crippen MR) is 55.8 cm³/mol. The number of aliphatic hydroxyl groups excluding tert-OH is 1. The molecule has 0 fully saturated rings. The molecule has 0 aromatic heterocycles. The predicted octanol–water partition coefficient (Wildman–Crippen LogP) is 1.61. The molecule has 0 unspecified atom stereocenters. The van der Waals surface area contributed by atoms with Crippen LogP contribution in [0.2, 0.25) is 0 Å². The topological polar surface area (TPSA) is 72.6 Å². The van der Waals surface area contributed by atoms with Crippen molar-refractivity contribution in [3.63, 3.8) is 0 Å². The highest BCUT2D eigenvalue weighted by atomic mass is 16.6. The van der Waals surface area contributed by atoms with Crippen molar-refractivity contribution in [1.82, 2.24) is 0 Å². The van der Waals surface area contributed by atoms with E-state index in [1.54, 1.807) is 0 Å². The first-order valence-corrected chi connectivity index (χ1v) is 4.33. The van der Waals surface area contributed by atoms with Gasteiger partial charge in [-0.2, -0.15) is 0 Å². The van der Waals surface area contributed by atoms with E-state index in [0.29, 0.717) is 11.3 Å². The van der Waals surface area contributed by atoms with Crippen LogP contribution in [0.5, 0.6) is 5.75 Å². The average Bonchev–Trinajstić information content (AvgIpc) is 2.25. The van der Waals surface area contributed by atoms with Crippen LogP contribution in [0.25, 0.3) is 6.08 Å². The highest BCUT2D eigenvalue weighted by Crippen LogP contribution is 2.24. The van der Waals surface area contributed by atoms with Crippen molar-refractivity contribution in [2.75, 3.05) is 13.2 Å². The van der Waals surface area contributed by atoms with E-state index in [2.05, 4.69) is 6.58 Å². The quantitative estimate of drug-likeness (QED) is 0.590. The van der Waals surface area contributed by atoms with Gasteiger partial charge in [-0.3, -0.25) is 10.1 Å². The molecule has 0 saturated heterocycles. The second-order valence-corrected chi connectivity index (χ2v) is 2.76. The lowest BCUT2D eigenvalue weighted by molar-refractivity contribution is -0.384. The van der Waals surface area contributed by atoms with Gasteiger partial charge < -0.3 is 9.84 Å². The maximum absolute atomic E-state index is 10.5. The zero-order chi connectivity index (χ0) is 11.3. The molecule has 5 heteroatoms. The first-order valence-electron chi connectivity index (χ1n) is 4.33. The number of ether oxygens (including phenoxy) is 1. The molecule has 0 aliphatic heterocycles. The minimum absolute atomic E-state index is 0.0127. The molecule has 0 radical (unpaired) electrons. The molecule has 5 nitrogen and oxygen atoms in total. The van der Waals surface area contributed by atoms with Gasteiger partial charge in [0, 0.05) is 17.7 Å². The number of nitro groups is 1. The molecule has 80 valence electrons. The van der Waals surface area contributed by atoms with Crippen molar-refractivity contribution in [3.05, 3.63) is 40.5 Å². The van der Waals surface area contributed by atoms with E-state index in [9.17, 15) is 10.1 Å². The third-order valence-corrected chi connectivity index (χ3v) is 1.77. The second kappa shape index (κ2) is 5.11. The number of nitro benzene ring substituents is 1. The van der Waals surface area contributed by atoms with Crippen molar-refractivity contribution in [1.29, 1.82) is 0 Å². The van der Waals surface area contributed by atoms with E-state index in [4.69, 9.17) is 9.84 Å². The highest BCUT2D eigenvalue weighted by molar-refractivity contribution is 5.59. The molecule has 0 heterocycles. The zero-order valence-corrected chi connectivity index (χ0v) is 8.05. The fourth-order valence-electron chi connectivity index (χ4n) is 1.10. The summed E-state index contributed by atoms with van der Waals surface area (Å²) in [6.07, 6.45) is 1.47. The van der Waals surface area contributed by atoms with Crippen LogP contribution in [-0.4, -0.2) is 23.2 Å². The molecule has 1 rings (SSSR count). The molecule has 0 aliphatic carbocycles. The fourth-order valence-corrected chi connectivity index (χ4v) is 1.10. The Morgan fingerprint density at radius 1 is 1.60 bits per heavy atom. The number of rotatable bonds is 5. The first kappa shape index (κ1) is 11.2. The van der Waals surface area contributed by atoms with Gasteiger partial charge in [-0.15, -0.1) is 0 Å². The van der Waals surface area contributed by atoms with E-state index in [1.807, 2.05) is 0 Å². The number of benzene rings is 1. The van der Waals surface area contributed by atoms with Gasteiger partial charge in [0.2, 0.25) is 0 Å². The number of hydrogen-bond acceptors (Lipinski definition) is 4. The first-order chi connectivity index (χ1) is 7.19. The molecule has 0 aliphatic rings. The van der Waals surface area contributed by atoms with Crippen LogP contribution in [0.1, 0.15) is 5.56 Å². The lowest BCUT2D eigenvalue weighted by Crippen LogP contribution is -2.03. The summed E-state index contributed by atoms with van der Waals surface area (Å²) in [4.78, 5) is 10.0. The number of aliphatic hydroxyl groups is 1. The van der Waals surface area contributed by atoms with Crippen LogP contribution in [-0.2, 0) is 0 Å². The Morgan fingerprint density at radius 3 is 2.87 bits per heavy atom. The van der Waals surface area contributed by atoms with Crippen molar-refractivity contribution < 1.29 is 14.8 Å². The van der Waals surface area contributed by atoms with Gasteiger partial charge in [0.05, 0.1) is 11.5 Å². The van der Waals surface area contributed by atoms with Gasteiger partial charge in [-0.05, 0) is 6.07 Å². The molecule has 0 amide bonds. The fraction of sp³-hybridized carbons (Fsp3) is 0.200. The third-order valence-electron chi connectivity index (χ3n) is 1.77. The number of hydrogen-bond donors (Lipinski definition) is 1. The van der Waals surface area contributed by atoms with E-state index in [1.165, 1.54) is 24.3 Å². The van der Waals surface area contributed by atoms with Crippen LogP contribution < -0.4 is 4.74 Å². The summed E-state index contributed by atoms with van der Waals surface area (Å²) >= 11 is 0. The standard InChI is InChI=1S/C10H11NO4/c1-2-8-7-9(11(13)14)3-4-10(8)15-6-5-12/h2-4,7,12H,1,5-6H2. The lowest BCUT2D eigenvalue weighted by Gasteiger charge is -2.07. The van der Waals surface area contributed by atoms with Crippen LogP contribution in [0, 0.1) is 10.1 Å². The van der Waals surface area contributed by atoms with E-state index >= 15 is 0 Å². The molecule has 1 aromatic carbocycles. The molecule has 0 saturated carbocycles. The monoisotopic (exact) mass is 209 g/mol. The Labute approximate surface area is 86.8 Å². The van der Waals surface area contributed by atoms with Gasteiger partial charge in [0.15, 0.2) is 0 Å². The molecule has 1 aromatic rings. The van der Waals surface area contributed by atoms with Crippen LogP contribution in [0.15, 0.2) is 24.8 Å². The second-order valence-electron chi connectivity index (χ2n) is 2.76. The van der Waals surface area contributed by atoms with Crippen LogP contribution in [0.3, 0.4) is 0 Å². The number of non-ortho nitro benzene ring substituents is 1. The third kappa shape index (κ3) is 2.78. The molecule has 1 N–H and O–H groups in total. The van der Waals surface area contributed by atoms with E-state index in [-0.39, 0.29) is 18.9 Å². The molecule has 0 spiro atoms. The summed E-state index contributed by atoms with van der Waals surface area (Å²) in [5.41, 5.74) is 0.527. The summed E-state index contributed by atoms with van der Waals surface area (Å²) in [5.74, 6) is 0.477.